The molecule has 0 radical (unpaired) electrons. The van der Waals surface area contributed by atoms with E-state index in [1.807, 2.05) is 0 Å². The lowest BCUT2D eigenvalue weighted by molar-refractivity contribution is -0.113. The number of carbonyl (C=O) groups excluding carboxylic acids is 1. The first-order chi connectivity index (χ1) is 9.87. The lowest BCUT2D eigenvalue weighted by atomic mass is 10.3. The Bertz CT molecular complexity index is 760. The SMILES string of the molecule is O=C(CS(=O)(=O)c1cccc(F)c1)Nc1ccc(Br)cc1. The maximum Gasteiger partial charge on any atom is 0.239 e. The highest BCUT2D eigenvalue weighted by molar-refractivity contribution is 9.10. The van der Waals surface area contributed by atoms with E-state index in [2.05, 4.69) is 21.2 Å². The molecule has 0 aliphatic heterocycles. The molecule has 4 nitrogen and oxygen atoms in total. The third kappa shape index (κ3) is 4.37. The molecule has 0 saturated carbocycles. The molecule has 0 aromatic heterocycles. The molecule has 0 saturated heterocycles. The van der Waals surface area contributed by atoms with Crippen molar-refractivity contribution >= 4 is 37.4 Å². The molecule has 0 heterocycles. The Morgan fingerprint density at radius 3 is 2.43 bits per heavy atom. The molecule has 0 aliphatic rings. The second kappa shape index (κ2) is 6.36. The molecule has 2 rings (SSSR count). The summed E-state index contributed by atoms with van der Waals surface area (Å²) in [5.74, 6) is -2.09. The topological polar surface area (TPSA) is 63.2 Å². The zero-order chi connectivity index (χ0) is 15.5. The average molecular weight is 372 g/mol. The Balaban J connectivity index is 2.09. The van der Waals surface area contributed by atoms with Crippen molar-refractivity contribution in [2.45, 2.75) is 4.90 Å². The van der Waals surface area contributed by atoms with Crippen molar-refractivity contribution in [3.63, 3.8) is 0 Å². The number of hydrogen-bond donors (Lipinski definition) is 1. The van der Waals surface area contributed by atoms with Crippen LogP contribution in [0, 0.1) is 5.82 Å². The predicted molar refractivity (Wildman–Crippen MR) is 81.2 cm³/mol. The third-order valence-electron chi connectivity index (χ3n) is 2.60. The molecular formula is C14H11BrFNO3S. The van der Waals surface area contributed by atoms with Crippen molar-refractivity contribution in [1.82, 2.24) is 0 Å². The maximum atomic E-state index is 13.1. The van der Waals surface area contributed by atoms with Crippen LogP contribution in [0.5, 0.6) is 0 Å². The molecule has 0 fully saturated rings. The first-order valence-electron chi connectivity index (χ1n) is 5.90. The van der Waals surface area contributed by atoms with Gasteiger partial charge in [-0.3, -0.25) is 4.79 Å². The summed E-state index contributed by atoms with van der Waals surface area (Å²) >= 11 is 3.25. The van der Waals surface area contributed by atoms with Crippen LogP contribution in [0.2, 0.25) is 0 Å². The lowest BCUT2D eigenvalue weighted by Crippen LogP contribution is -2.23. The Labute approximate surface area is 130 Å². The van der Waals surface area contributed by atoms with E-state index < -0.39 is 27.3 Å². The first-order valence-corrected chi connectivity index (χ1v) is 8.35. The normalized spacial score (nSPS) is 11.1. The van der Waals surface area contributed by atoms with Crippen LogP contribution in [0.4, 0.5) is 10.1 Å². The highest BCUT2D eigenvalue weighted by Crippen LogP contribution is 2.16. The van der Waals surface area contributed by atoms with Gasteiger partial charge in [-0.15, -0.1) is 0 Å². The van der Waals surface area contributed by atoms with Gasteiger partial charge in [-0.05, 0) is 42.5 Å². The van der Waals surface area contributed by atoms with Gasteiger partial charge in [0.15, 0.2) is 9.84 Å². The number of rotatable bonds is 4. The summed E-state index contributed by atoms with van der Waals surface area (Å²) in [7, 11) is -3.87. The molecule has 0 aliphatic carbocycles. The Morgan fingerprint density at radius 2 is 1.81 bits per heavy atom. The Hall–Kier alpha value is -1.73. The molecule has 1 amide bonds. The molecular weight excluding hydrogens is 361 g/mol. The van der Waals surface area contributed by atoms with Crippen LogP contribution in [-0.2, 0) is 14.6 Å². The smallest absolute Gasteiger partial charge is 0.239 e. The van der Waals surface area contributed by atoms with E-state index in [4.69, 9.17) is 0 Å². The van der Waals surface area contributed by atoms with Crippen molar-refractivity contribution < 1.29 is 17.6 Å². The van der Waals surface area contributed by atoms with Gasteiger partial charge in [-0.1, -0.05) is 22.0 Å². The minimum absolute atomic E-state index is 0.214. The molecule has 1 N–H and O–H groups in total. The minimum atomic E-state index is -3.87. The predicted octanol–water partition coefficient (Wildman–Crippen LogP) is 3.00. The van der Waals surface area contributed by atoms with E-state index in [9.17, 15) is 17.6 Å². The monoisotopic (exact) mass is 371 g/mol. The van der Waals surface area contributed by atoms with Crippen LogP contribution in [0.3, 0.4) is 0 Å². The van der Waals surface area contributed by atoms with Gasteiger partial charge in [0.05, 0.1) is 4.90 Å². The number of halogens is 2. The summed E-state index contributed by atoms with van der Waals surface area (Å²) in [5, 5.41) is 2.48. The van der Waals surface area contributed by atoms with Gasteiger partial charge in [0, 0.05) is 10.2 Å². The zero-order valence-corrected chi connectivity index (χ0v) is 13.1. The molecule has 2 aromatic carbocycles. The third-order valence-corrected chi connectivity index (χ3v) is 4.75. The molecule has 110 valence electrons. The van der Waals surface area contributed by atoms with E-state index in [0.717, 1.165) is 16.6 Å². The Morgan fingerprint density at radius 1 is 1.14 bits per heavy atom. The fourth-order valence-corrected chi connectivity index (χ4v) is 3.07. The van der Waals surface area contributed by atoms with Gasteiger partial charge in [-0.25, -0.2) is 12.8 Å². The highest BCUT2D eigenvalue weighted by Gasteiger charge is 2.19. The van der Waals surface area contributed by atoms with Crippen LogP contribution < -0.4 is 5.32 Å². The number of sulfone groups is 1. The van der Waals surface area contributed by atoms with E-state index in [0.29, 0.717) is 5.69 Å². The van der Waals surface area contributed by atoms with Crippen LogP contribution in [-0.4, -0.2) is 20.1 Å². The fraction of sp³-hybridized carbons (Fsp3) is 0.0714. The Kier molecular flexibility index (Phi) is 4.74. The maximum absolute atomic E-state index is 13.1. The summed E-state index contributed by atoms with van der Waals surface area (Å²) < 4.78 is 37.9. The van der Waals surface area contributed by atoms with Gasteiger partial charge in [0.25, 0.3) is 0 Å². The molecule has 0 unspecified atom stereocenters. The van der Waals surface area contributed by atoms with Gasteiger partial charge >= 0.3 is 0 Å². The summed E-state index contributed by atoms with van der Waals surface area (Å²) in [6.07, 6.45) is 0. The van der Waals surface area contributed by atoms with Gasteiger partial charge in [0.2, 0.25) is 5.91 Å². The number of nitrogens with one attached hydrogen (secondary N) is 1. The van der Waals surface area contributed by atoms with E-state index >= 15 is 0 Å². The van der Waals surface area contributed by atoms with E-state index in [1.165, 1.54) is 12.1 Å². The van der Waals surface area contributed by atoms with Gasteiger partial charge < -0.3 is 5.32 Å². The second-order valence-corrected chi connectivity index (χ2v) is 7.18. The number of hydrogen-bond acceptors (Lipinski definition) is 3. The van der Waals surface area contributed by atoms with Crippen LogP contribution >= 0.6 is 15.9 Å². The average Bonchev–Trinajstić information content (AvgIpc) is 2.41. The molecule has 0 bridgehead atoms. The van der Waals surface area contributed by atoms with Crippen molar-refractivity contribution in [2.24, 2.45) is 0 Å². The molecule has 0 atom stereocenters. The second-order valence-electron chi connectivity index (χ2n) is 4.27. The van der Waals surface area contributed by atoms with Crippen molar-refractivity contribution in [2.75, 3.05) is 11.1 Å². The number of benzene rings is 2. The molecule has 21 heavy (non-hydrogen) atoms. The highest BCUT2D eigenvalue weighted by atomic mass is 79.9. The summed E-state index contributed by atoms with van der Waals surface area (Å²) in [6.45, 7) is 0. The van der Waals surface area contributed by atoms with Crippen LogP contribution in [0.25, 0.3) is 0 Å². The van der Waals surface area contributed by atoms with Crippen LogP contribution in [0.15, 0.2) is 57.9 Å². The fourth-order valence-electron chi connectivity index (χ4n) is 1.65. The van der Waals surface area contributed by atoms with Crippen LogP contribution in [0.1, 0.15) is 0 Å². The van der Waals surface area contributed by atoms with Gasteiger partial charge in [0.1, 0.15) is 11.6 Å². The largest absolute Gasteiger partial charge is 0.325 e. The minimum Gasteiger partial charge on any atom is -0.325 e. The van der Waals surface area contributed by atoms with Crippen molar-refractivity contribution in [3.05, 3.63) is 58.8 Å². The molecule has 7 heteroatoms. The van der Waals surface area contributed by atoms with E-state index in [1.54, 1.807) is 24.3 Å². The number of amides is 1. The first kappa shape index (κ1) is 15.7. The molecule has 0 spiro atoms. The molecule has 2 aromatic rings. The summed E-state index contributed by atoms with van der Waals surface area (Å²) in [5.41, 5.74) is 0.484. The van der Waals surface area contributed by atoms with Crippen molar-refractivity contribution in [3.8, 4) is 0 Å². The summed E-state index contributed by atoms with van der Waals surface area (Å²) in [4.78, 5) is 11.6. The lowest BCUT2D eigenvalue weighted by Gasteiger charge is -2.07. The quantitative estimate of drug-likeness (QED) is 0.898. The number of carbonyl (C=O) groups is 1. The standard InChI is InChI=1S/C14H11BrFNO3S/c15-10-4-6-12(7-5-10)17-14(18)9-21(19,20)13-3-1-2-11(16)8-13/h1-8H,9H2,(H,17,18). The number of anilines is 1. The zero-order valence-electron chi connectivity index (χ0n) is 10.7. The van der Waals surface area contributed by atoms with E-state index in [-0.39, 0.29) is 4.90 Å². The van der Waals surface area contributed by atoms with Gasteiger partial charge in [-0.2, -0.15) is 0 Å². The summed E-state index contributed by atoms with van der Waals surface area (Å²) in [6, 6.07) is 11.3. The van der Waals surface area contributed by atoms with Crippen molar-refractivity contribution in [1.29, 1.82) is 0 Å².